The second-order valence-corrected chi connectivity index (χ2v) is 7.93. The lowest BCUT2D eigenvalue weighted by molar-refractivity contribution is -0.119. The summed E-state index contributed by atoms with van der Waals surface area (Å²) in [5.74, 6) is 0.408. The summed E-state index contributed by atoms with van der Waals surface area (Å²) in [7, 11) is 0. The number of benzene rings is 1. The molecule has 0 unspecified atom stereocenters. The van der Waals surface area contributed by atoms with Gasteiger partial charge in [-0.3, -0.25) is 14.4 Å². The van der Waals surface area contributed by atoms with Crippen molar-refractivity contribution >= 4 is 34.7 Å². The molecule has 0 saturated carbocycles. The Hall–Kier alpha value is -3.67. The molecule has 0 atom stereocenters. The molecular weight excluding hydrogens is 392 g/mol. The Balaban J connectivity index is 2.05. The van der Waals surface area contributed by atoms with Gasteiger partial charge in [-0.05, 0) is 77.4 Å². The van der Waals surface area contributed by atoms with E-state index in [2.05, 4.69) is 11.9 Å². The molecule has 2 aromatic rings. The molecule has 1 N–H and O–H groups in total. The molecular formula is C25H26N2O4. The number of hydrogen-bond donors (Lipinski definition) is 1. The zero-order chi connectivity index (χ0) is 23.0. The summed E-state index contributed by atoms with van der Waals surface area (Å²) < 4.78 is 5.63. The molecule has 3 rings (SSSR count). The van der Waals surface area contributed by atoms with Gasteiger partial charge in [-0.2, -0.15) is 0 Å². The molecule has 1 fully saturated rings. The standard InChI is InChI=1S/C25H26N2O4/c1-13(2)21-22(16(6)20-12-15(5)31-17(20)7)25(30)27(24(21)29)19-10-8-18(9-11-19)26-23(28)14(3)4/h8-12H,3H2,1-2,4-7H3,(H,26,28). The van der Waals surface area contributed by atoms with Crippen LogP contribution in [0.3, 0.4) is 0 Å². The number of anilines is 2. The van der Waals surface area contributed by atoms with E-state index in [0.29, 0.717) is 39.4 Å². The number of rotatable bonds is 4. The van der Waals surface area contributed by atoms with Crippen LogP contribution in [-0.2, 0) is 14.4 Å². The van der Waals surface area contributed by atoms with Crippen molar-refractivity contribution in [3.05, 3.63) is 76.3 Å². The third kappa shape index (κ3) is 4.01. The van der Waals surface area contributed by atoms with E-state index in [0.717, 1.165) is 16.9 Å². The fraction of sp³-hybridized carbons (Fsp3) is 0.240. The Kier molecular flexibility index (Phi) is 5.84. The lowest BCUT2D eigenvalue weighted by Gasteiger charge is -2.14. The second kappa shape index (κ2) is 8.22. The number of hydrogen-bond acceptors (Lipinski definition) is 4. The van der Waals surface area contributed by atoms with Crippen LogP contribution < -0.4 is 10.2 Å². The van der Waals surface area contributed by atoms with E-state index in [1.165, 1.54) is 4.90 Å². The maximum absolute atomic E-state index is 13.4. The highest BCUT2D eigenvalue weighted by Gasteiger charge is 2.42. The van der Waals surface area contributed by atoms with Gasteiger partial charge in [-0.1, -0.05) is 12.2 Å². The molecule has 1 aliphatic rings. The van der Waals surface area contributed by atoms with Crippen LogP contribution in [0.1, 0.15) is 44.8 Å². The van der Waals surface area contributed by atoms with Gasteiger partial charge in [-0.25, -0.2) is 4.90 Å². The van der Waals surface area contributed by atoms with Crippen molar-refractivity contribution in [1.29, 1.82) is 0 Å². The van der Waals surface area contributed by atoms with Gasteiger partial charge in [0.05, 0.1) is 16.8 Å². The van der Waals surface area contributed by atoms with Crippen molar-refractivity contribution in [2.24, 2.45) is 0 Å². The Bertz CT molecular complexity index is 1170. The van der Waals surface area contributed by atoms with Crippen molar-refractivity contribution < 1.29 is 18.8 Å². The quantitative estimate of drug-likeness (QED) is 0.554. The van der Waals surface area contributed by atoms with Crippen LogP contribution in [0.4, 0.5) is 11.4 Å². The fourth-order valence-electron chi connectivity index (χ4n) is 3.65. The molecule has 0 radical (unpaired) electrons. The Morgan fingerprint density at radius 2 is 1.55 bits per heavy atom. The number of imide groups is 1. The lowest BCUT2D eigenvalue weighted by Crippen LogP contribution is -2.29. The average Bonchev–Trinajstić information content (AvgIpc) is 3.17. The minimum atomic E-state index is -0.379. The SMILES string of the molecule is C=C(C)C(=O)Nc1ccc(N2C(=O)C(=C(C)C)C(=C(C)c3cc(C)oc3C)C2=O)cc1. The molecule has 160 valence electrons. The summed E-state index contributed by atoms with van der Waals surface area (Å²) in [6.45, 7) is 14.4. The van der Waals surface area contributed by atoms with Crippen LogP contribution in [0.15, 0.2) is 63.6 Å². The van der Waals surface area contributed by atoms with Gasteiger partial charge in [0.1, 0.15) is 11.5 Å². The van der Waals surface area contributed by atoms with Crippen molar-refractivity contribution in [3.8, 4) is 0 Å². The minimum Gasteiger partial charge on any atom is -0.466 e. The summed E-state index contributed by atoms with van der Waals surface area (Å²) >= 11 is 0. The van der Waals surface area contributed by atoms with Crippen molar-refractivity contribution in [2.45, 2.75) is 41.5 Å². The molecule has 6 heteroatoms. The first-order chi connectivity index (χ1) is 14.5. The Labute approximate surface area is 181 Å². The van der Waals surface area contributed by atoms with Crippen LogP contribution in [0.5, 0.6) is 0 Å². The molecule has 1 aromatic heterocycles. The van der Waals surface area contributed by atoms with Crippen LogP contribution in [0, 0.1) is 13.8 Å². The molecule has 1 aromatic carbocycles. The number of carbonyl (C=O) groups is 3. The van der Waals surface area contributed by atoms with Crippen molar-refractivity contribution in [1.82, 2.24) is 0 Å². The van der Waals surface area contributed by atoms with E-state index in [-0.39, 0.29) is 17.7 Å². The van der Waals surface area contributed by atoms with E-state index < -0.39 is 0 Å². The average molecular weight is 418 g/mol. The molecule has 1 saturated heterocycles. The maximum Gasteiger partial charge on any atom is 0.266 e. The number of aryl methyl sites for hydroxylation is 2. The van der Waals surface area contributed by atoms with Crippen molar-refractivity contribution in [2.75, 3.05) is 10.2 Å². The summed E-state index contributed by atoms with van der Waals surface area (Å²) in [5, 5.41) is 2.71. The van der Waals surface area contributed by atoms with Gasteiger partial charge in [0.15, 0.2) is 0 Å². The van der Waals surface area contributed by atoms with Gasteiger partial charge >= 0.3 is 0 Å². The number of allylic oxidation sites excluding steroid dienone is 2. The largest absolute Gasteiger partial charge is 0.466 e. The smallest absolute Gasteiger partial charge is 0.266 e. The summed E-state index contributed by atoms with van der Waals surface area (Å²) in [5.41, 5.74) is 4.44. The predicted octanol–water partition coefficient (Wildman–Crippen LogP) is 5.09. The molecule has 0 bridgehead atoms. The molecule has 31 heavy (non-hydrogen) atoms. The third-order valence-corrected chi connectivity index (χ3v) is 5.17. The molecule has 6 nitrogen and oxygen atoms in total. The molecule has 1 aliphatic heterocycles. The van der Waals surface area contributed by atoms with E-state index >= 15 is 0 Å². The van der Waals surface area contributed by atoms with E-state index in [9.17, 15) is 14.4 Å². The Morgan fingerprint density at radius 3 is 2.03 bits per heavy atom. The van der Waals surface area contributed by atoms with Gasteiger partial charge < -0.3 is 9.73 Å². The van der Waals surface area contributed by atoms with E-state index in [1.54, 1.807) is 31.2 Å². The van der Waals surface area contributed by atoms with E-state index in [4.69, 9.17) is 4.42 Å². The fourth-order valence-corrected chi connectivity index (χ4v) is 3.65. The normalized spacial score (nSPS) is 15.4. The maximum atomic E-state index is 13.4. The Morgan fingerprint density at radius 1 is 0.968 bits per heavy atom. The highest BCUT2D eigenvalue weighted by Crippen LogP contribution is 2.38. The topological polar surface area (TPSA) is 79.6 Å². The first-order valence-corrected chi connectivity index (χ1v) is 9.94. The molecule has 2 heterocycles. The first kappa shape index (κ1) is 22.0. The highest BCUT2D eigenvalue weighted by molar-refractivity contribution is 6.39. The van der Waals surface area contributed by atoms with Gasteiger partial charge in [0, 0.05) is 16.8 Å². The minimum absolute atomic E-state index is 0.292. The van der Waals surface area contributed by atoms with Crippen molar-refractivity contribution in [3.63, 3.8) is 0 Å². The predicted molar refractivity (Wildman–Crippen MR) is 122 cm³/mol. The van der Waals surface area contributed by atoms with Crippen LogP contribution in [0.2, 0.25) is 0 Å². The zero-order valence-electron chi connectivity index (χ0n) is 18.7. The molecule has 0 spiro atoms. The molecule has 3 amide bonds. The van der Waals surface area contributed by atoms with Crippen LogP contribution in [-0.4, -0.2) is 17.7 Å². The lowest BCUT2D eigenvalue weighted by atomic mass is 9.95. The monoisotopic (exact) mass is 418 g/mol. The summed E-state index contributed by atoms with van der Waals surface area (Å²) in [6.07, 6.45) is 0. The zero-order valence-corrected chi connectivity index (χ0v) is 18.7. The molecule has 0 aliphatic carbocycles. The highest BCUT2D eigenvalue weighted by atomic mass is 16.3. The number of furan rings is 1. The third-order valence-electron chi connectivity index (χ3n) is 5.17. The van der Waals surface area contributed by atoms with Gasteiger partial charge in [0.2, 0.25) is 0 Å². The van der Waals surface area contributed by atoms with Crippen LogP contribution >= 0.6 is 0 Å². The number of nitrogens with zero attached hydrogens (tertiary/aromatic N) is 1. The van der Waals surface area contributed by atoms with Gasteiger partial charge in [0.25, 0.3) is 17.7 Å². The van der Waals surface area contributed by atoms with Crippen LogP contribution in [0.25, 0.3) is 5.57 Å². The second-order valence-electron chi connectivity index (χ2n) is 7.93. The van der Waals surface area contributed by atoms with Gasteiger partial charge in [-0.15, -0.1) is 0 Å². The number of carbonyl (C=O) groups excluding carboxylic acids is 3. The summed E-state index contributed by atoms with van der Waals surface area (Å²) in [6, 6.07) is 8.45. The van der Waals surface area contributed by atoms with E-state index in [1.807, 2.05) is 40.7 Å². The summed E-state index contributed by atoms with van der Waals surface area (Å²) in [4.78, 5) is 39.7. The number of nitrogens with one attached hydrogen (secondary N) is 1. The first-order valence-electron chi connectivity index (χ1n) is 9.94. The number of amides is 3.